The summed E-state index contributed by atoms with van der Waals surface area (Å²) in [7, 11) is 1.29. The van der Waals surface area contributed by atoms with Crippen molar-refractivity contribution in [3.63, 3.8) is 0 Å². The monoisotopic (exact) mass is 480 g/mol. The van der Waals surface area contributed by atoms with Crippen LogP contribution in [0.4, 0.5) is 0 Å². The molecule has 1 aromatic carbocycles. The molecule has 0 aliphatic carbocycles. The minimum atomic E-state index is -1.24. The molecule has 0 radical (unpaired) electrons. The maximum atomic E-state index is 12.6. The average Bonchev–Trinajstić information content (AvgIpc) is 2.78. The molecule has 1 saturated heterocycles. The zero-order valence-electron chi connectivity index (χ0n) is 19.3. The molecule has 12 heteroatoms. The van der Waals surface area contributed by atoms with E-state index in [-0.39, 0.29) is 6.61 Å². The maximum absolute atomic E-state index is 12.6. The van der Waals surface area contributed by atoms with Gasteiger partial charge in [-0.2, -0.15) is 0 Å². The van der Waals surface area contributed by atoms with Crippen LogP contribution in [0.3, 0.4) is 0 Å². The van der Waals surface area contributed by atoms with Gasteiger partial charge in [0.25, 0.3) is 5.91 Å². The van der Waals surface area contributed by atoms with Gasteiger partial charge in [-0.15, -0.1) is 0 Å². The molecule has 2 N–H and O–H groups in total. The van der Waals surface area contributed by atoms with Crippen molar-refractivity contribution >= 4 is 29.7 Å². The van der Waals surface area contributed by atoms with E-state index in [2.05, 4.69) is 10.6 Å². The summed E-state index contributed by atoms with van der Waals surface area (Å²) in [6, 6.07) is 7.18. The largest absolute Gasteiger partial charge is 0.463 e. The second-order valence-corrected chi connectivity index (χ2v) is 7.37. The van der Waals surface area contributed by atoms with Crippen molar-refractivity contribution in [2.24, 2.45) is 0 Å². The molecule has 186 valence electrons. The molecule has 0 bridgehead atoms. The molecule has 12 nitrogen and oxygen atoms in total. The van der Waals surface area contributed by atoms with E-state index in [4.69, 9.17) is 23.7 Å². The second kappa shape index (κ2) is 12.7. The Hall–Kier alpha value is -3.51. The number of amides is 2. The van der Waals surface area contributed by atoms with Crippen molar-refractivity contribution in [1.82, 2.24) is 10.6 Å². The zero-order chi connectivity index (χ0) is 25.3. The number of esters is 3. The van der Waals surface area contributed by atoms with Gasteiger partial charge in [0.2, 0.25) is 5.91 Å². The van der Waals surface area contributed by atoms with Crippen molar-refractivity contribution < 1.29 is 47.7 Å². The smallest absolute Gasteiger partial charge is 0.303 e. The van der Waals surface area contributed by atoms with E-state index in [1.54, 1.807) is 30.3 Å². The van der Waals surface area contributed by atoms with Crippen LogP contribution in [0.1, 0.15) is 31.1 Å². The molecule has 1 aliphatic heterocycles. The molecule has 2 rings (SSSR count). The summed E-state index contributed by atoms with van der Waals surface area (Å²) in [5.74, 6) is -3.14. The van der Waals surface area contributed by atoms with Crippen molar-refractivity contribution in [2.75, 3.05) is 20.3 Å². The van der Waals surface area contributed by atoms with Crippen LogP contribution in [-0.4, -0.2) is 80.6 Å². The van der Waals surface area contributed by atoms with Crippen molar-refractivity contribution in [3.05, 3.63) is 35.9 Å². The molecule has 1 aromatic rings. The van der Waals surface area contributed by atoms with Gasteiger partial charge in [0, 0.05) is 33.4 Å². The molecule has 0 saturated carbocycles. The van der Waals surface area contributed by atoms with Gasteiger partial charge in [0.15, 0.2) is 18.5 Å². The predicted octanol–water partition coefficient (Wildman–Crippen LogP) is -0.301. The number of carbonyl (C=O) groups excluding carboxylic acids is 5. The summed E-state index contributed by atoms with van der Waals surface area (Å²) in [6.45, 7) is 2.75. The van der Waals surface area contributed by atoms with Gasteiger partial charge in [-0.3, -0.25) is 24.0 Å². The topological polar surface area (TPSA) is 156 Å². The average molecular weight is 480 g/mol. The van der Waals surface area contributed by atoms with Crippen LogP contribution < -0.4 is 10.6 Å². The SMILES string of the molecule is CO[C@@H]1O[C@H](COC(C)=O)[C@@H](OC(C)=O)[C@H](OC(C)=O)[C@H]1NC(=O)CNC(=O)c1ccccc1. The first-order chi connectivity index (χ1) is 16.1. The minimum Gasteiger partial charge on any atom is -0.463 e. The van der Waals surface area contributed by atoms with E-state index in [0.717, 1.165) is 13.8 Å². The molecular weight excluding hydrogens is 452 g/mol. The van der Waals surface area contributed by atoms with E-state index in [1.165, 1.54) is 14.0 Å². The van der Waals surface area contributed by atoms with Crippen molar-refractivity contribution in [3.8, 4) is 0 Å². The molecule has 1 heterocycles. The van der Waals surface area contributed by atoms with Gasteiger partial charge in [0.1, 0.15) is 18.8 Å². The van der Waals surface area contributed by atoms with Crippen molar-refractivity contribution in [2.45, 2.75) is 51.4 Å². The van der Waals surface area contributed by atoms with Crippen LogP contribution in [0.5, 0.6) is 0 Å². The Morgan fingerprint density at radius 2 is 1.53 bits per heavy atom. The number of benzene rings is 1. The fourth-order valence-electron chi connectivity index (χ4n) is 3.35. The lowest BCUT2D eigenvalue weighted by Crippen LogP contribution is -2.67. The molecule has 2 amide bonds. The maximum Gasteiger partial charge on any atom is 0.303 e. The number of hydrogen-bond acceptors (Lipinski definition) is 10. The molecular formula is C22H28N2O10. The zero-order valence-corrected chi connectivity index (χ0v) is 19.3. The van der Waals surface area contributed by atoms with Crippen LogP contribution in [-0.2, 0) is 42.9 Å². The fourth-order valence-corrected chi connectivity index (χ4v) is 3.35. The van der Waals surface area contributed by atoms with Crippen LogP contribution >= 0.6 is 0 Å². The molecule has 0 spiro atoms. The molecule has 1 aliphatic rings. The van der Waals surface area contributed by atoms with Gasteiger partial charge in [-0.1, -0.05) is 18.2 Å². The first kappa shape index (κ1) is 26.7. The molecule has 0 aromatic heterocycles. The highest BCUT2D eigenvalue weighted by Gasteiger charge is 2.51. The third-order valence-corrected chi connectivity index (χ3v) is 4.71. The Kier molecular flexibility index (Phi) is 9.95. The normalized spacial score (nSPS) is 23.8. The lowest BCUT2D eigenvalue weighted by atomic mass is 9.96. The van der Waals surface area contributed by atoms with E-state index in [9.17, 15) is 24.0 Å². The van der Waals surface area contributed by atoms with E-state index in [1.807, 2.05) is 0 Å². The highest BCUT2D eigenvalue weighted by atomic mass is 16.7. The van der Waals surface area contributed by atoms with E-state index < -0.39 is 66.9 Å². The lowest BCUT2D eigenvalue weighted by Gasteiger charge is -2.44. The highest BCUT2D eigenvalue weighted by Crippen LogP contribution is 2.27. The predicted molar refractivity (Wildman–Crippen MR) is 114 cm³/mol. The van der Waals surface area contributed by atoms with Gasteiger partial charge in [-0.25, -0.2) is 0 Å². The molecule has 1 fully saturated rings. The van der Waals surface area contributed by atoms with Crippen LogP contribution in [0.2, 0.25) is 0 Å². The number of nitrogens with one attached hydrogen (secondary N) is 2. The fraction of sp³-hybridized carbons (Fsp3) is 0.500. The summed E-state index contributed by atoms with van der Waals surface area (Å²) in [5, 5.41) is 5.07. The van der Waals surface area contributed by atoms with E-state index in [0.29, 0.717) is 5.56 Å². The van der Waals surface area contributed by atoms with Crippen LogP contribution in [0, 0.1) is 0 Å². The summed E-state index contributed by atoms with van der Waals surface area (Å²) < 4.78 is 26.7. The second-order valence-electron chi connectivity index (χ2n) is 7.37. The van der Waals surface area contributed by atoms with Gasteiger partial charge in [0.05, 0.1) is 6.54 Å². The van der Waals surface area contributed by atoms with Crippen LogP contribution in [0.15, 0.2) is 30.3 Å². The number of carbonyl (C=O) groups is 5. The number of ether oxygens (including phenoxy) is 5. The van der Waals surface area contributed by atoms with Gasteiger partial charge in [-0.05, 0) is 12.1 Å². The van der Waals surface area contributed by atoms with Crippen molar-refractivity contribution in [1.29, 1.82) is 0 Å². The molecule has 0 unspecified atom stereocenters. The molecule has 5 atom stereocenters. The first-order valence-corrected chi connectivity index (χ1v) is 10.4. The number of hydrogen-bond donors (Lipinski definition) is 2. The number of methoxy groups -OCH3 is 1. The lowest BCUT2D eigenvalue weighted by molar-refractivity contribution is -0.271. The van der Waals surface area contributed by atoms with Crippen LogP contribution in [0.25, 0.3) is 0 Å². The Labute approximate surface area is 196 Å². The quantitative estimate of drug-likeness (QED) is 0.355. The third kappa shape index (κ3) is 7.81. The number of rotatable bonds is 9. The van der Waals surface area contributed by atoms with Gasteiger partial charge < -0.3 is 34.3 Å². The summed E-state index contributed by atoms with van der Waals surface area (Å²) >= 11 is 0. The molecule has 34 heavy (non-hydrogen) atoms. The summed E-state index contributed by atoms with van der Waals surface area (Å²) in [4.78, 5) is 59.6. The Morgan fingerprint density at radius 1 is 0.912 bits per heavy atom. The summed E-state index contributed by atoms with van der Waals surface area (Å²) in [5.41, 5.74) is 0.368. The van der Waals surface area contributed by atoms with Gasteiger partial charge >= 0.3 is 17.9 Å². The first-order valence-electron chi connectivity index (χ1n) is 10.4. The summed E-state index contributed by atoms with van der Waals surface area (Å²) in [6.07, 6.45) is -4.68. The third-order valence-electron chi connectivity index (χ3n) is 4.71. The Bertz CT molecular complexity index is 891. The minimum absolute atomic E-state index is 0.321. The van der Waals surface area contributed by atoms with E-state index >= 15 is 0 Å². The Morgan fingerprint density at radius 3 is 2.09 bits per heavy atom. The highest BCUT2D eigenvalue weighted by molar-refractivity contribution is 5.96. The standard InChI is InChI=1S/C22H28N2O10/c1-12(25)31-11-16-19(32-13(2)26)20(33-14(3)27)18(22(30-4)34-16)24-17(28)10-23-21(29)15-8-6-5-7-9-15/h5-9,16,18-20,22H,10-11H2,1-4H3,(H,23,29)(H,24,28)/t16-,18-,19-,20-,22-/m1/s1. The Balaban J connectivity index is 2.19.